The van der Waals surface area contributed by atoms with Gasteiger partial charge in [0.15, 0.2) is 0 Å². The molecule has 160 valence electrons. The molecule has 0 spiro atoms. The Labute approximate surface area is 179 Å². The molecule has 6 nitrogen and oxygen atoms in total. The van der Waals surface area contributed by atoms with Gasteiger partial charge in [-0.05, 0) is 49.9 Å². The zero-order valence-electron chi connectivity index (χ0n) is 17.7. The smallest absolute Gasteiger partial charge is 0.321 e. The van der Waals surface area contributed by atoms with Gasteiger partial charge in [0.2, 0.25) is 5.91 Å². The fourth-order valence-electron chi connectivity index (χ4n) is 3.74. The van der Waals surface area contributed by atoms with E-state index in [4.69, 9.17) is 0 Å². The number of carbonyl (C=O) groups excluding carboxylic acids is 2. The normalized spacial score (nSPS) is 16.0. The van der Waals surface area contributed by atoms with Crippen molar-refractivity contribution in [3.05, 3.63) is 60.7 Å². The Hall–Kier alpha value is -3.02. The Morgan fingerprint density at radius 3 is 2.47 bits per heavy atom. The lowest BCUT2D eigenvalue weighted by molar-refractivity contribution is -0.126. The number of nitrogens with zero attached hydrogens (tertiary/aromatic N) is 2. The molecule has 1 fully saturated rings. The molecule has 6 heteroatoms. The minimum absolute atomic E-state index is 0.0589. The van der Waals surface area contributed by atoms with Crippen molar-refractivity contribution in [2.45, 2.75) is 25.7 Å². The van der Waals surface area contributed by atoms with Crippen molar-refractivity contribution >= 4 is 23.3 Å². The minimum atomic E-state index is -0.136. The van der Waals surface area contributed by atoms with E-state index in [1.165, 1.54) is 5.69 Å². The highest BCUT2D eigenvalue weighted by Gasteiger charge is 2.28. The fraction of sp³-hybridized carbons (Fsp3) is 0.417. The summed E-state index contributed by atoms with van der Waals surface area (Å²) in [5, 5.41) is 5.96. The van der Waals surface area contributed by atoms with Gasteiger partial charge in [-0.15, -0.1) is 0 Å². The molecule has 3 rings (SSSR count). The maximum atomic E-state index is 12.6. The molecule has 30 heavy (non-hydrogen) atoms. The molecule has 1 saturated heterocycles. The first-order valence-corrected chi connectivity index (χ1v) is 10.8. The lowest BCUT2D eigenvalue weighted by Gasteiger charge is -2.32. The van der Waals surface area contributed by atoms with Crippen LogP contribution in [0, 0.1) is 5.92 Å². The van der Waals surface area contributed by atoms with Crippen molar-refractivity contribution in [2.75, 3.05) is 43.4 Å². The van der Waals surface area contributed by atoms with Crippen LogP contribution in [0.25, 0.3) is 0 Å². The van der Waals surface area contributed by atoms with Crippen molar-refractivity contribution in [1.82, 2.24) is 10.2 Å². The number of urea groups is 1. The average Bonchev–Trinajstić information content (AvgIpc) is 2.80. The SMILES string of the molecule is CN(CCCCNC(=O)C1CCCN(C(=O)Nc2ccccc2)C1)c1ccccc1. The maximum Gasteiger partial charge on any atom is 0.321 e. The molecule has 0 bridgehead atoms. The number of carbonyl (C=O) groups is 2. The van der Waals surface area contributed by atoms with Crippen LogP contribution < -0.4 is 15.5 Å². The molecule has 1 aliphatic heterocycles. The van der Waals surface area contributed by atoms with E-state index in [2.05, 4.69) is 34.7 Å². The molecule has 3 amide bonds. The van der Waals surface area contributed by atoms with Gasteiger partial charge in [0.25, 0.3) is 0 Å². The predicted octanol–water partition coefficient (Wildman–Crippen LogP) is 3.96. The van der Waals surface area contributed by atoms with Crippen LogP contribution in [0.1, 0.15) is 25.7 Å². The Kier molecular flexibility index (Phi) is 8.12. The first-order valence-electron chi connectivity index (χ1n) is 10.8. The number of unbranched alkanes of at least 4 members (excludes halogenated alkanes) is 1. The van der Waals surface area contributed by atoms with E-state index < -0.39 is 0 Å². The van der Waals surface area contributed by atoms with Gasteiger partial charge in [0.1, 0.15) is 0 Å². The Bertz CT molecular complexity index is 797. The molecule has 2 aromatic carbocycles. The molecule has 0 radical (unpaired) electrons. The molecular weight excluding hydrogens is 376 g/mol. The standard InChI is InChI=1S/C24H32N4O2/c1-27(22-14-6-3-7-15-22)17-9-8-16-25-23(29)20-11-10-18-28(19-20)24(30)26-21-12-4-2-5-13-21/h2-7,12-15,20H,8-11,16-19H2,1H3,(H,25,29)(H,26,30). The molecular formula is C24H32N4O2. The molecule has 1 aliphatic rings. The topological polar surface area (TPSA) is 64.7 Å². The van der Waals surface area contributed by atoms with Crippen LogP contribution in [0.5, 0.6) is 0 Å². The van der Waals surface area contributed by atoms with Gasteiger partial charge >= 0.3 is 6.03 Å². The lowest BCUT2D eigenvalue weighted by atomic mass is 9.97. The average molecular weight is 409 g/mol. The number of hydrogen-bond donors (Lipinski definition) is 2. The molecule has 2 N–H and O–H groups in total. The fourth-order valence-corrected chi connectivity index (χ4v) is 3.74. The summed E-state index contributed by atoms with van der Waals surface area (Å²) in [5.41, 5.74) is 1.98. The van der Waals surface area contributed by atoms with E-state index in [1.807, 2.05) is 48.5 Å². The monoisotopic (exact) mass is 408 g/mol. The highest BCUT2D eigenvalue weighted by atomic mass is 16.2. The quantitative estimate of drug-likeness (QED) is 0.650. The molecule has 2 aromatic rings. The van der Waals surface area contributed by atoms with Crippen molar-refractivity contribution in [3.8, 4) is 0 Å². The zero-order valence-corrected chi connectivity index (χ0v) is 17.7. The largest absolute Gasteiger partial charge is 0.375 e. The number of anilines is 2. The molecule has 1 heterocycles. The highest BCUT2D eigenvalue weighted by molar-refractivity contribution is 5.90. The van der Waals surface area contributed by atoms with Crippen LogP contribution >= 0.6 is 0 Å². The number of benzene rings is 2. The number of amides is 3. The molecule has 0 saturated carbocycles. The molecule has 0 aliphatic carbocycles. The number of likely N-dealkylation sites (tertiary alicyclic amines) is 1. The van der Waals surface area contributed by atoms with E-state index in [0.717, 1.165) is 37.9 Å². The Balaban J connectivity index is 1.35. The van der Waals surface area contributed by atoms with Crippen LogP contribution in [-0.2, 0) is 4.79 Å². The number of nitrogens with one attached hydrogen (secondary N) is 2. The van der Waals surface area contributed by atoms with Crippen LogP contribution in [-0.4, -0.2) is 50.1 Å². The lowest BCUT2D eigenvalue weighted by Crippen LogP contribution is -2.47. The van der Waals surface area contributed by atoms with Gasteiger partial charge < -0.3 is 20.4 Å². The van der Waals surface area contributed by atoms with Crippen LogP contribution in [0.4, 0.5) is 16.2 Å². The number of para-hydroxylation sites is 2. The van der Waals surface area contributed by atoms with Gasteiger partial charge in [0.05, 0.1) is 5.92 Å². The summed E-state index contributed by atoms with van der Waals surface area (Å²) in [6.07, 6.45) is 3.63. The van der Waals surface area contributed by atoms with E-state index in [1.54, 1.807) is 4.90 Å². The first-order chi connectivity index (χ1) is 14.6. The van der Waals surface area contributed by atoms with E-state index in [0.29, 0.717) is 19.6 Å². The summed E-state index contributed by atoms with van der Waals surface area (Å²) in [5.74, 6) is -0.0732. The third-order valence-electron chi connectivity index (χ3n) is 5.52. The molecule has 1 unspecified atom stereocenters. The third kappa shape index (κ3) is 6.51. The van der Waals surface area contributed by atoms with E-state index in [-0.39, 0.29) is 17.9 Å². The molecule has 0 aromatic heterocycles. The van der Waals surface area contributed by atoms with E-state index in [9.17, 15) is 9.59 Å². The minimum Gasteiger partial charge on any atom is -0.375 e. The van der Waals surface area contributed by atoms with Crippen molar-refractivity contribution < 1.29 is 9.59 Å². The van der Waals surface area contributed by atoms with Crippen molar-refractivity contribution in [3.63, 3.8) is 0 Å². The summed E-state index contributed by atoms with van der Waals surface area (Å²) in [7, 11) is 2.09. The second kappa shape index (κ2) is 11.2. The van der Waals surface area contributed by atoms with Crippen LogP contribution in [0.15, 0.2) is 60.7 Å². The first kappa shape index (κ1) is 21.7. The Morgan fingerprint density at radius 1 is 1.03 bits per heavy atom. The summed E-state index contributed by atoms with van der Waals surface area (Å²) in [6.45, 7) is 2.79. The second-order valence-corrected chi connectivity index (χ2v) is 7.84. The summed E-state index contributed by atoms with van der Waals surface area (Å²) < 4.78 is 0. The number of hydrogen-bond acceptors (Lipinski definition) is 3. The Morgan fingerprint density at radius 2 is 1.73 bits per heavy atom. The summed E-state index contributed by atoms with van der Waals surface area (Å²) in [4.78, 5) is 29.0. The van der Waals surface area contributed by atoms with E-state index >= 15 is 0 Å². The van der Waals surface area contributed by atoms with Gasteiger partial charge in [0, 0.05) is 44.6 Å². The second-order valence-electron chi connectivity index (χ2n) is 7.84. The third-order valence-corrected chi connectivity index (χ3v) is 5.52. The number of piperidine rings is 1. The summed E-state index contributed by atoms with van der Waals surface area (Å²) >= 11 is 0. The van der Waals surface area contributed by atoms with Crippen molar-refractivity contribution in [1.29, 1.82) is 0 Å². The van der Waals surface area contributed by atoms with Gasteiger partial charge in [-0.1, -0.05) is 36.4 Å². The predicted molar refractivity (Wildman–Crippen MR) is 122 cm³/mol. The van der Waals surface area contributed by atoms with Crippen LogP contribution in [0.2, 0.25) is 0 Å². The zero-order chi connectivity index (χ0) is 21.2. The summed E-state index contributed by atoms with van der Waals surface area (Å²) in [6, 6.07) is 19.6. The van der Waals surface area contributed by atoms with Crippen LogP contribution in [0.3, 0.4) is 0 Å². The van der Waals surface area contributed by atoms with Gasteiger partial charge in [-0.3, -0.25) is 4.79 Å². The molecule has 1 atom stereocenters. The highest BCUT2D eigenvalue weighted by Crippen LogP contribution is 2.18. The van der Waals surface area contributed by atoms with Crippen molar-refractivity contribution in [2.24, 2.45) is 5.92 Å². The van der Waals surface area contributed by atoms with Gasteiger partial charge in [-0.2, -0.15) is 0 Å². The van der Waals surface area contributed by atoms with Gasteiger partial charge in [-0.25, -0.2) is 4.79 Å². The maximum absolute atomic E-state index is 12.6. The number of rotatable bonds is 8.